The van der Waals surface area contributed by atoms with Gasteiger partial charge in [0.15, 0.2) is 11.5 Å². The third kappa shape index (κ3) is 5.49. The van der Waals surface area contributed by atoms with Crippen molar-refractivity contribution >= 4 is 11.9 Å². The molecule has 2 aromatic carbocycles. The number of hydrogen-bond acceptors (Lipinski definition) is 5. The average Bonchev–Trinajstić information content (AvgIpc) is 2.75. The molecule has 2 atom stereocenters. The first-order valence-corrected chi connectivity index (χ1v) is 9.23. The first kappa shape index (κ1) is 21.3. The SMILES string of the molecule is CC[C@@H](C)[C@H](NC(=O)c1ccc(OCc2ccccc2)c(OC)c1)C(=O)OC. The van der Waals surface area contributed by atoms with Gasteiger partial charge in [-0.2, -0.15) is 0 Å². The summed E-state index contributed by atoms with van der Waals surface area (Å²) in [4.78, 5) is 24.6. The number of esters is 1. The maximum Gasteiger partial charge on any atom is 0.328 e. The number of ether oxygens (including phenoxy) is 3. The van der Waals surface area contributed by atoms with Crippen molar-refractivity contribution in [2.24, 2.45) is 5.92 Å². The summed E-state index contributed by atoms with van der Waals surface area (Å²) in [5.41, 5.74) is 1.40. The molecule has 6 nitrogen and oxygen atoms in total. The second-order valence-electron chi connectivity index (χ2n) is 6.50. The summed E-state index contributed by atoms with van der Waals surface area (Å²) in [6.07, 6.45) is 0.732. The van der Waals surface area contributed by atoms with E-state index in [2.05, 4.69) is 5.32 Å². The number of amides is 1. The molecule has 0 aliphatic carbocycles. The van der Waals surface area contributed by atoms with Gasteiger partial charge in [-0.3, -0.25) is 4.79 Å². The molecule has 0 fully saturated rings. The standard InChI is InChI=1S/C22H27NO5/c1-5-15(2)20(22(25)27-4)23-21(24)17-11-12-18(19(13-17)26-3)28-14-16-9-7-6-8-10-16/h6-13,15,20H,5,14H2,1-4H3,(H,23,24)/t15-,20+/m1/s1. The molecule has 2 aromatic rings. The lowest BCUT2D eigenvalue weighted by atomic mass is 9.99. The van der Waals surface area contributed by atoms with Crippen LogP contribution in [0.25, 0.3) is 0 Å². The fraction of sp³-hybridized carbons (Fsp3) is 0.364. The Morgan fingerprint density at radius 2 is 1.75 bits per heavy atom. The van der Waals surface area contributed by atoms with Crippen LogP contribution in [0.3, 0.4) is 0 Å². The van der Waals surface area contributed by atoms with Gasteiger partial charge in [-0.05, 0) is 29.7 Å². The minimum absolute atomic E-state index is 0.0493. The number of benzene rings is 2. The molecular weight excluding hydrogens is 358 g/mol. The highest BCUT2D eigenvalue weighted by atomic mass is 16.5. The van der Waals surface area contributed by atoms with Gasteiger partial charge in [0, 0.05) is 5.56 Å². The summed E-state index contributed by atoms with van der Waals surface area (Å²) in [6.45, 7) is 4.23. The maximum atomic E-state index is 12.6. The molecule has 150 valence electrons. The van der Waals surface area contributed by atoms with Crippen LogP contribution in [0.1, 0.15) is 36.2 Å². The van der Waals surface area contributed by atoms with E-state index < -0.39 is 12.0 Å². The van der Waals surface area contributed by atoms with Crippen LogP contribution in [0, 0.1) is 5.92 Å². The maximum absolute atomic E-state index is 12.6. The van der Waals surface area contributed by atoms with Crippen LogP contribution in [0.4, 0.5) is 0 Å². The van der Waals surface area contributed by atoms with Crippen molar-refractivity contribution in [3.8, 4) is 11.5 Å². The van der Waals surface area contributed by atoms with Crippen LogP contribution >= 0.6 is 0 Å². The molecule has 2 rings (SSSR count). The summed E-state index contributed by atoms with van der Waals surface area (Å²) in [6, 6.07) is 14.0. The first-order valence-electron chi connectivity index (χ1n) is 9.23. The quantitative estimate of drug-likeness (QED) is 0.668. The Morgan fingerprint density at radius 3 is 2.36 bits per heavy atom. The van der Waals surface area contributed by atoms with Gasteiger partial charge in [0.25, 0.3) is 5.91 Å². The number of carbonyl (C=O) groups is 2. The van der Waals surface area contributed by atoms with E-state index >= 15 is 0 Å². The highest BCUT2D eigenvalue weighted by Crippen LogP contribution is 2.29. The molecule has 0 bridgehead atoms. The van der Waals surface area contributed by atoms with Crippen molar-refractivity contribution < 1.29 is 23.8 Å². The number of carbonyl (C=O) groups excluding carboxylic acids is 2. The van der Waals surface area contributed by atoms with Crippen molar-refractivity contribution in [2.75, 3.05) is 14.2 Å². The Labute approximate surface area is 165 Å². The van der Waals surface area contributed by atoms with E-state index in [1.165, 1.54) is 14.2 Å². The summed E-state index contributed by atoms with van der Waals surface area (Å²) < 4.78 is 16.0. The number of rotatable bonds is 9. The second-order valence-corrected chi connectivity index (χ2v) is 6.50. The summed E-state index contributed by atoms with van der Waals surface area (Å²) in [7, 11) is 2.83. The van der Waals surface area contributed by atoms with Gasteiger partial charge in [-0.15, -0.1) is 0 Å². The molecule has 1 N–H and O–H groups in total. The molecule has 0 unspecified atom stereocenters. The lowest BCUT2D eigenvalue weighted by molar-refractivity contribution is -0.144. The van der Waals surface area contributed by atoms with Crippen molar-refractivity contribution in [3.05, 3.63) is 59.7 Å². The van der Waals surface area contributed by atoms with E-state index in [4.69, 9.17) is 14.2 Å². The van der Waals surface area contributed by atoms with Gasteiger partial charge < -0.3 is 19.5 Å². The summed E-state index contributed by atoms with van der Waals surface area (Å²) in [5.74, 6) is 0.101. The van der Waals surface area contributed by atoms with Gasteiger partial charge in [-0.25, -0.2) is 4.79 Å². The van der Waals surface area contributed by atoms with E-state index in [-0.39, 0.29) is 11.8 Å². The van der Waals surface area contributed by atoms with E-state index in [9.17, 15) is 9.59 Å². The molecule has 0 radical (unpaired) electrons. The molecule has 0 aromatic heterocycles. The molecule has 0 spiro atoms. The average molecular weight is 385 g/mol. The molecule has 28 heavy (non-hydrogen) atoms. The number of methoxy groups -OCH3 is 2. The van der Waals surface area contributed by atoms with Crippen LogP contribution in [0.15, 0.2) is 48.5 Å². The minimum atomic E-state index is -0.706. The van der Waals surface area contributed by atoms with Crippen molar-refractivity contribution in [1.82, 2.24) is 5.32 Å². The van der Waals surface area contributed by atoms with Crippen LogP contribution in [-0.2, 0) is 16.1 Å². The van der Waals surface area contributed by atoms with E-state index in [0.717, 1.165) is 12.0 Å². The van der Waals surface area contributed by atoms with Crippen molar-refractivity contribution in [1.29, 1.82) is 0 Å². The fourth-order valence-corrected chi connectivity index (χ4v) is 2.68. The zero-order chi connectivity index (χ0) is 20.5. The first-order chi connectivity index (χ1) is 13.5. The predicted octanol–water partition coefficient (Wildman–Crippen LogP) is 3.59. The topological polar surface area (TPSA) is 73.9 Å². The van der Waals surface area contributed by atoms with Crippen LogP contribution in [0.2, 0.25) is 0 Å². The van der Waals surface area contributed by atoms with Crippen LogP contribution in [0.5, 0.6) is 11.5 Å². The molecule has 0 aliphatic heterocycles. The van der Waals surface area contributed by atoms with Gasteiger partial charge in [0.1, 0.15) is 12.6 Å². The van der Waals surface area contributed by atoms with Gasteiger partial charge in [-0.1, -0.05) is 50.6 Å². The van der Waals surface area contributed by atoms with Crippen LogP contribution in [-0.4, -0.2) is 32.1 Å². The van der Waals surface area contributed by atoms with Crippen LogP contribution < -0.4 is 14.8 Å². The zero-order valence-corrected chi connectivity index (χ0v) is 16.7. The third-order valence-electron chi connectivity index (χ3n) is 4.62. The Morgan fingerprint density at radius 1 is 1.04 bits per heavy atom. The molecule has 0 heterocycles. The van der Waals surface area contributed by atoms with E-state index in [1.807, 2.05) is 44.2 Å². The highest BCUT2D eigenvalue weighted by molar-refractivity contribution is 5.97. The third-order valence-corrected chi connectivity index (χ3v) is 4.62. The Kier molecular flexibility index (Phi) is 7.87. The smallest absolute Gasteiger partial charge is 0.328 e. The van der Waals surface area contributed by atoms with Crippen molar-refractivity contribution in [3.63, 3.8) is 0 Å². The molecule has 0 saturated carbocycles. The minimum Gasteiger partial charge on any atom is -0.493 e. The van der Waals surface area contributed by atoms with Crippen molar-refractivity contribution in [2.45, 2.75) is 32.9 Å². The Balaban J connectivity index is 2.12. The molecule has 0 aliphatic rings. The summed E-state index contributed by atoms with van der Waals surface area (Å²) in [5, 5.41) is 2.75. The normalized spacial score (nSPS) is 12.6. The molecule has 6 heteroatoms. The Hall–Kier alpha value is -3.02. The monoisotopic (exact) mass is 385 g/mol. The summed E-state index contributed by atoms with van der Waals surface area (Å²) >= 11 is 0. The Bertz CT molecular complexity index is 791. The lowest BCUT2D eigenvalue weighted by Crippen LogP contribution is -2.45. The second kappa shape index (κ2) is 10.3. The molecule has 0 saturated heterocycles. The number of nitrogens with one attached hydrogen (secondary N) is 1. The highest BCUT2D eigenvalue weighted by Gasteiger charge is 2.27. The fourth-order valence-electron chi connectivity index (χ4n) is 2.68. The molecule has 1 amide bonds. The van der Waals surface area contributed by atoms with Gasteiger partial charge >= 0.3 is 5.97 Å². The molecular formula is C22H27NO5. The van der Waals surface area contributed by atoms with E-state index in [1.54, 1.807) is 18.2 Å². The van der Waals surface area contributed by atoms with E-state index in [0.29, 0.717) is 23.7 Å². The zero-order valence-electron chi connectivity index (χ0n) is 16.7. The largest absolute Gasteiger partial charge is 0.493 e. The van der Waals surface area contributed by atoms with Gasteiger partial charge in [0.05, 0.1) is 14.2 Å². The predicted molar refractivity (Wildman–Crippen MR) is 106 cm³/mol. The van der Waals surface area contributed by atoms with Gasteiger partial charge in [0.2, 0.25) is 0 Å². The lowest BCUT2D eigenvalue weighted by Gasteiger charge is -2.22. The number of hydrogen-bond donors (Lipinski definition) is 1.